The Hall–Kier alpha value is -4.80. The van der Waals surface area contributed by atoms with Gasteiger partial charge in [0.15, 0.2) is 5.71 Å². The summed E-state index contributed by atoms with van der Waals surface area (Å²) in [4.78, 5) is 11.5. The topological polar surface area (TPSA) is 261 Å². The Morgan fingerprint density at radius 3 is 1.89 bits per heavy atom. The number of hydrogen-bond acceptors (Lipinski definition) is 10. The van der Waals surface area contributed by atoms with Crippen molar-refractivity contribution in [1.82, 2.24) is 0 Å². The summed E-state index contributed by atoms with van der Waals surface area (Å²) in [5, 5.41) is 10.7. The number of allylic oxidation sites excluding steroid dienone is 6. The Bertz CT molecular complexity index is 3170. The molecule has 0 spiro atoms. The molecule has 2 aliphatic heterocycles. The van der Waals surface area contributed by atoms with Crippen molar-refractivity contribution in [3.8, 4) is 0 Å². The van der Waals surface area contributed by atoms with E-state index in [1.807, 2.05) is 61.5 Å². The molecule has 0 aromatic heterocycles. The fraction of sp³-hybridized carbons (Fsp3) is 0.364. The quantitative estimate of drug-likeness (QED) is 0.0311. The van der Waals surface area contributed by atoms with Crippen LogP contribution in [-0.2, 0) is 56.1 Å². The minimum Gasteiger partial charge on any atom is -0.481 e. The maximum absolute atomic E-state index is 12.5. The van der Waals surface area contributed by atoms with Crippen molar-refractivity contribution in [1.29, 1.82) is 0 Å². The molecule has 0 bridgehead atoms. The molecule has 16 nitrogen and oxygen atoms in total. The van der Waals surface area contributed by atoms with E-state index in [1.165, 1.54) is 24.3 Å². The molecule has 0 aliphatic carbocycles. The smallest absolute Gasteiger partial charge is 0.303 e. The van der Waals surface area contributed by atoms with E-state index in [0.717, 1.165) is 16.7 Å². The van der Waals surface area contributed by atoms with Gasteiger partial charge in [0.1, 0.15) is 11.4 Å². The molecule has 20 heteroatoms. The molecular formula is C44H53N2O14S4+. The van der Waals surface area contributed by atoms with Gasteiger partial charge in [-0.1, -0.05) is 52.0 Å². The van der Waals surface area contributed by atoms with Gasteiger partial charge in [0.05, 0.1) is 21.0 Å². The van der Waals surface area contributed by atoms with Crippen molar-refractivity contribution in [2.75, 3.05) is 23.7 Å². The molecular weight excluding hydrogens is 909 g/mol. The summed E-state index contributed by atoms with van der Waals surface area (Å²) in [7, 11) is -18.7. The maximum atomic E-state index is 12.5. The molecule has 0 saturated heterocycles. The van der Waals surface area contributed by atoms with Gasteiger partial charge >= 0.3 is 5.97 Å². The summed E-state index contributed by atoms with van der Waals surface area (Å²) in [6.45, 7) is 9.90. The van der Waals surface area contributed by atoms with E-state index in [-0.39, 0.29) is 42.5 Å². The molecule has 346 valence electrons. The van der Waals surface area contributed by atoms with Gasteiger partial charge in [-0.3, -0.25) is 23.0 Å². The van der Waals surface area contributed by atoms with Gasteiger partial charge in [-0.15, -0.1) is 0 Å². The minimum atomic E-state index is -4.96. The summed E-state index contributed by atoms with van der Waals surface area (Å²) >= 11 is 0. The number of aliphatic carboxylic acids is 1. The van der Waals surface area contributed by atoms with Crippen LogP contribution in [0.5, 0.6) is 0 Å². The lowest BCUT2D eigenvalue weighted by atomic mass is 9.78. The van der Waals surface area contributed by atoms with E-state index in [2.05, 4.69) is 0 Å². The lowest BCUT2D eigenvalue weighted by Crippen LogP contribution is -2.28. The van der Waals surface area contributed by atoms with Crippen LogP contribution in [0.15, 0.2) is 99.3 Å². The number of rotatable bonds is 16. The summed E-state index contributed by atoms with van der Waals surface area (Å²) in [6, 6.07) is 11.5. The fourth-order valence-corrected chi connectivity index (χ4v) is 11.4. The van der Waals surface area contributed by atoms with E-state index < -0.39 is 72.8 Å². The van der Waals surface area contributed by atoms with E-state index in [0.29, 0.717) is 65.5 Å². The summed E-state index contributed by atoms with van der Waals surface area (Å²) in [5.41, 5.74) is 2.88. The molecule has 2 aliphatic rings. The van der Waals surface area contributed by atoms with Gasteiger partial charge in [-0.25, -0.2) is 0 Å². The van der Waals surface area contributed by atoms with Gasteiger partial charge in [0, 0.05) is 59.3 Å². The Morgan fingerprint density at radius 2 is 1.30 bits per heavy atom. The highest BCUT2D eigenvalue weighted by molar-refractivity contribution is 7.87. The van der Waals surface area contributed by atoms with E-state index in [1.54, 1.807) is 31.2 Å². The van der Waals surface area contributed by atoms with Crippen LogP contribution in [0.4, 0.5) is 11.4 Å². The first-order valence-corrected chi connectivity index (χ1v) is 25.7. The number of carbonyl (C=O) groups is 1. The Kier molecular flexibility index (Phi) is 14.0. The second-order valence-electron chi connectivity index (χ2n) is 16.8. The first-order chi connectivity index (χ1) is 29.0. The van der Waals surface area contributed by atoms with Gasteiger partial charge in [-0.2, -0.15) is 38.2 Å². The first-order valence-electron chi connectivity index (χ1n) is 19.8. The molecule has 5 N–H and O–H groups in total. The van der Waals surface area contributed by atoms with E-state index >= 15 is 0 Å². The number of aryl methyl sites for hydroxylation is 1. The summed E-state index contributed by atoms with van der Waals surface area (Å²) in [5.74, 6) is -1.42. The van der Waals surface area contributed by atoms with Crippen LogP contribution in [0, 0.1) is 6.92 Å². The van der Waals surface area contributed by atoms with Crippen LogP contribution in [0.25, 0.3) is 21.5 Å². The lowest BCUT2D eigenvalue weighted by molar-refractivity contribution is -0.437. The zero-order valence-corrected chi connectivity index (χ0v) is 38.4. The number of hydrogen-bond donors (Lipinski definition) is 5. The molecule has 4 aromatic rings. The predicted octanol–water partition coefficient (Wildman–Crippen LogP) is 7.77. The molecule has 4 aromatic carbocycles. The molecule has 0 fully saturated rings. The van der Waals surface area contributed by atoms with E-state index in [9.17, 15) is 56.7 Å². The zero-order chi connectivity index (χ0) is 46.7. The van der Waals surface area contributed by atoms with Crippen LogP contribution in [-0.4, -0.2) is 92.1 Å². The van der Waals surface area contributed by atoms with Crippen molar-refractivity contribution in [3.05, 3.63) is 101 Å². The van der Waals surface area contributed by atoms with Crippen LogP contribution >= 0.6 is 0 Å². The normalized spacial score (nSPS) is 17.0. The highest BCUT2D eigenvalue weighted by atomic mass is 32.2. The van der Waals surface area contributed by atoms with Gasteiger partial charge in [0.2, 0.25) is 5.69 Å². The van der Waals surface area contributed by atoms with Crippen LogP contribution in [0.3, 0.4) is 0 Å². The number of nitrogens with zero attached hydrogens (tertiary/aromatic N) is 2. The Morgan fingerprint density at radius 1 is 0.688 bits per heavy atom. The Balaban J connectivity index is 0.00000771. The average Bonchev–Trinajstić information content (AvgIpc) is 3.50. The van der Waals surface area contributed by atoms with E-state index in [4.69, 9.17) is 5.11 Å². The molecule has 0 atom stereocenters. The molecule has 0 unspecified atom stereocenters. The maximum Gasteiger partial charge on any atom is 0.303 e. The SMILES string of the molecule is C.Cc1cc(S(=O)(=O)O)cc2c3c(ccc12)[N+](CCCS(=O)(=O)O)=C(/C=C/C=C/C=C1/N(CCCCCC(=O)O)c2ccc4c(S(=O)(=O)O)cc(S(=O)(=O)O)cc4c2C1(C)C)C3(C)C. The molecule has 0 amide bonds. The zero-order valence-electron chi connectivity index (χ0n) is 35.1. The van der Waals surface area contributed by atoms with Crippen molar-refractivity contribution >= 4 is 85.1 Å². The minimum absolute atomic E-state index is 0. The van der Waals surface area contributed by atoms with Crippen molar-refractivity contribution in [3.63, 3.8) is 0 Å². The Labute approximate surface area is 374 Å². The molecule has 0 radical (unpaired) electrons. The van der Waals surface area contributed by atoms with Crippen LogP contribution < -0.4 is 4.90 Å². The van der Waals surface area contributed by atoms with Crippen LogP contribution in [0.2, 0.25) is 0 Å². The summed E-state index contributed by atoms with van der Waals surface area (Å²) in [6.07, 6.45) is 10.6. The average molecular weight is 962 g/mol. The third-order valence-electron chi connectivity index (χ3n) is 11.7. The molecule has 64 heavy (non-hydrogen) atoms. The number of carboxylic acid groups (broad SMARTS) is 1. The highest BCUT2D eigenvalue weighted by Gasteiger charge is 2.46. The van der Waals surface area contributed by atoms with Crippen LogP contribution in [0.1, 0.15) is 83.9 Å². The third kappa shape index (κ3) is 10.0. The number of carboxylic acids is 1. The van der Waals surface area contributed by atoms with Gasteiger partial charge in [0.25, 0.3) is 40.5 Å². The molecule has 6 rings (SSSR count). The number of unbranched alkanes of at least 4 members (excludes halogenated alkanes) is 2. The largest absolute Gasteiger partial charge is 0.481 e. The second-order valence-corrected chi connectivity index (χ2v) is 22.6. The van der Waals surface area contributed by atoms with Gasteiger partial charge in [-0.05, 0) is 103 Å². The van der Waals surface area contributed by atoms with Crippen molar-refractivity contribution in [2.24, 2.45) is 0 Å². The number of anilines is 1. The monoisotopic (exact) mass is 961 g/mol. The summed E-state index contributed by atoms with van der Waals surface area (Å²) < 4.78 is 139. The van der Waals surface area contributed by atoms with Crippen molar-refractivity contribution in [2.45, 2.75) is 99.7 Å². The number of fused-ring (bicyclic) bond motifs is 6. The standard InChI is InChI=1S/C43H48N2O14S4.CH4/c1-27-23-28(61(51,52)53)24-32-30(27)16-18-34-40(32)42(2,3)38(45(34)21-12-22-60(48,49)50)14-9-6-8-13-37-43(4,5)41-33-25-29(62(54,55)56)26-36(63(57,58)59)31(33)17-19-35(41)44(37)20-11-7-10-15-39(46)47;/h6,8-9,13-14,16-19,23-26H,7,10-12,15,20-22H2,1-5H3,(H4-,46,47,48,49,50,51,52,53,54,55,56,57,58,59);1H4/p+1. The second kappa shape index (κ2) is 17.9. The van der Waals surface area contributed by atoms with Gasteiger partial charge < -0.3 is 10.0 Å². The predicted molar refractivity (Wildman–Crippen MR) is 245 cm³/mol. The fourth-order valence-electron chi connectivity index (χ4n) is 8.97. The molecule has 2 heterocycles. The first kappa shape index (κ1) is 50.2. The molecule has 0 saturated carbocycles. The lowest BCUT2D eigenvalue weighted by Gasteiger charge is -2.27. The number of benzene rings is 4. The third-order valence-corrected chi connectivity index (χ3v) is 15.1. The van der Waals surface area contributed by atoms with Crippen molar-refractivity contribution < 1.29 is 66.4 Å². The highest BCUT2D eigenvalue weighted by Crippen LogP contribution is 2.52.